The van der Waals surface area contributed by atoms with Crippen LogP contribution in [0.15, 0.2) is 80.3 Å². The van der Waals surface area contributed by atoms with Gasteiger partial charge in [0.15, 0.2) is 5.78 Å². The SMILES string of the molecule is COC(=O)C1=C(C)NC2=C(C(=O)c3ccccc32)[C@@H]1c1ccc(-c2ccc([N+](=O)[O-])cc2Br)o1. The molecule has 2 aromatic carbocycles. The van der Waals surface area contributed by atoms with Crippen molar-refractivity contribution in [2.24, 2.45) is 0 Å². The Balaban J connectivity index is 1.65. The number of carbonyl (C=O) groups excluding carboxylic acids is 2. The molecule has 5 rings (SSSR count). The standard InChI is InChI=1S/C25H17BrN2O6/c1-12-20(25(30)33-2)21(22-23(27-12)14-5-3-4-6-15(14)24(22)29)19-10-9-18(34-19)16-8-7-13(28(31)32)11-17(16)26/h3-11,21,27H,1-2H3/t21-/m1/s1. The normalized spacial score (nSPS) is 16.8. The predicted octanol–water partition coefficient (Wildman–Crippen LogP) is 5.36. The molecule has 34 heavy (non-hydrogen) atoms. The van der Waals surface area contributed by atoms with Crippen molar-refractivity contribution in [1.29, 1.82) is 0 Å². The van der Waals surface area contributed by atoms with Gasteiger partial charge in [0.05, 0.1) is 29.2 Å². The Labute approximate surface area is 202 Å². The van der Waals surface area contributed by atoms with E-state index in [0.29, 0.717) is 44.1 Å². The molecule has 0 radical (unpaired) electrons. The van der Waals surface area contributed by atoms with Gasteiger partial charge in [-0.1, -0.05) is 24.3 Å². The maximum atomic E-state index is 13.4. The van der Waals surface area contributed by atoms with Crippen LogP contribution in [0, 0.1) is 10.1 Å². The number of carbonyl (C=O) groups is 2. The smallest absolute Gasteiger partial charge is 0.336 e. The molecule has 1 atom stereocenters. The fraction of sp³-hybridized carbons (Fsp3) is 0.120. The molecule has 0 saturated heterocycles. The van der Waals surface area contributed by atoms with Gasteiger partial charge in [0.2, 0.25) is 0 Å². The summed E-state index contributed by atoms with van der Waals surface area (Å²) >= 11 is 3.37. The first-order valence-corrected chi connectivity index (χ1v) is 11.1. The lowest BCUT2D eigenvalue weighted by Gasteiger charge is -2.27. The number of dihydropyridines is 1. The van der Waals surface area contributed by atoms with E-state index in [-0.39, 0.29) is 17.0 Å². The number of nitrogens with zero attached hydrogens (tertiary/aromatic N) is 1. The Morgan fingerprint density at radius 1 is 1.12 bits per heavy atom. The number of nitro benzene ring substituents is 1. The predicted molar refractivity (Wildman–Crippen MR) is 127 cm³/mol. The average molecular weight is 521 g/mol. The minimum atomic E-state index is -0.783. The highest BCUT2D eigenvalue weighted by molar-refractivity contribution is 9.10. The van der Waals surface area contributed by atoms with Crippen LogP contribution in [-0.4, -0.2) is 23.8 Å². The number of esters is 1. The first-order chi connectivity index (χ1) is 16.3. The van der Waals surface area contributed by atoms with Crippen LogP contribution in [0.1, 0.15) is 34.5 Å². The van der Waals surface area contributed by atoms with Gasteiger partial charge in [-0.15, -0.1) is 0 Å². The van der Waals surface area contributed by atoms with Crippen LogP contribution in [0.3, 0.4) is 0 Å². The number of allylic oxidation sites excluding steroid dienone is 2. The van der Waals surface area contributed by atoms with E-state index in [9.17, 15) is 19.7 Å². The summed E-state index contributed by atoms with van der Waals surface area (Å²) in [5.41, 5.74) is 3.76. The van der Waals surface area contributed by atoms with E-state index in [2.05, 4.69) is 21.2 Å². The molecular formula is C25H17BrN2O6. The summed E-state index contributed by atoms with van der Waals surface area (Å²) in [5.74, 6) is -0.724. The lowest BCUT2D eigenvalue weighted by Crippen LogP contribution is -2.28. The second-order valence-corrected chi connectivity index (χ2v) is 8.73. The van der Waals surface area contributed by atoms with Crippen molar-refractivity contribution >= 4 is 39.1 Å². The number of ketones is 1. The highest BCUT2D eigenvalue weighted by Gasteiger charge is 2.44. The molecule has 0 fully saturated rings. The van der Waals surface area contributed by atoms with E-state index in [1.807, 2.05) is 12.1 Å². The monoisotopic (exact) mass is 520 g/mol. The van der Waals surface area contributed by atoms with E-state index < -0.39 is 16.8 Å². The number of ether oxygens (including phenoxy) is 1. The third-order valence-corrected chi connectivity index (χ3v) is 6.65. The Kier molecular flexibility index (Phi) is 5.21. The number of rotatable bonds is 4. The number of Topliss-reactive ketones (excluding diaryl/α,β-unsaturated/α-hetero) is 1. The highest BCUT2D eigenvalue weighted by atomic mass is 79.9. The van der Waals surface area contributed by atoms with Gasteiger partial charge in [-0.25, -0.2) is 4.79 Å². The minimum absolute atomic E-state index is 0.0589. The van der Waals surface area contributed by atoms with Crippen molar-refractivity contribution in [3.05, 3.63) is 103 Å². The van der Waals surface area contributed by atoms with Gasteiger partial charge >= 0.3 is 5.97 Å². The van der Waals surface area contributed by atoms with E-state index in [1.165, 1.54) is 19.2 Å². The van der Waals surface area contributed by atoms with Crippen molar-refractivity contribution in [1.82, 2.24) is 5.32 Å². The number of hydrogen-bond acceptors (Lipinski definition) is 7. The summed E-state index contributed by atoms with van der Waals surface area (Å²) in [5, 5.41) is 14.3. The number of non-ortho nitro benzene ring substituents is 1. The number of benzene rings is 2. The molecule has 8 nitrogen and oxygen atoms in total. The van der Waals surface area contributed by atoms with Crippen LogP contribution < -0.4 is 5.32 Å². The molecule has 9 heteroatoms. The summed E-state index contributed by atoms with van der Waals surface area (Å²) in [6.45, 7) is 1.76. The fourth-order valence-corrected chi connectivity index (χ4v) is 5.03. The van der Waals surface area contributed by atoms with Crippen LogP contribution >= 0.6 is 15.9 Å². The van der Waals surface area contributed by atoms with Gasteiger partial charge in [0, 0.05) is 44.6 Å². The zero-order valence-corrected chi connectivity index (χ0v) is 19.6. The molecule has 1 aliphatic carbocycles. The minimum Gasteiger partial charge on any atom is -0.466 e. The molecule has 1 N–H and O–H groups in total. The molecule has 0 amide bonds. The van der Waals surface area contributed by atoms with E-state index >= 15 is 0 Å². The number of halogens is 1. The second-order valence-electron chi connectivity index (χ2n) is 7.87. The van der Waals surface area contributed by atoms with Crippen molar-refractivity contribution in [3.63, 3.8) is 0 Å². The molecule has 0 spiro atoms. The summed E-state index contributed by atoms with van der Waals surface area (Å²) in [6, 6.07) is 15.0. The van der Waals surface area contributed by atoms with Gasteiger partial charge in [-0.3, -0.25) is 14.9 Å². The van der Waals surface area contributed by atoms with Crippen molar-refractivity contribution in [3.8, 4) is 11.3 Å². The Bertz CT molecular complexity index is 1470. The fourth-order valence-electron chi connectivity index (χ4n) is 4.46. The first-order valence-electron chi connectivity index (χ1n) is 10.3. The van der Waals surface area contributed by atoms with Gasteiger partial charge in [-0.05, 0) is 41.1 Å². The quantitative estimate of drug-likeness (QED) is 0.280. The summed E-state index contributed by atoms with van der Waals surface area (Å²) in [7, 11) is 1.29. The van der Waals surface area contributed by atoms with Gasteiger partial charge in [0.25, 0.3) is 5.69 Å². The average Bonchev–Trinajstić information content (AvgIpc) is 3.41. The van der Waals surface area contributed by atoms with Gasteiger partial charge < -0.3 is 14.5 Å². The molecule has 2 heterocycles. The Morgan fingerprint density at radius 3 is 2.53 bits per heavy atom. The largest absolute Gasteiger partial charge is 0.466 e. The number of nitro groups is 1. The van der Waals surface area contributed by atoms with Crippen LogP contribution in [-0.2, 0) is 9.53 Å². The summed E-state index contributed by atoms with van der Waals surface area (Å²) in [6.07, 6.45) is 0. The molecule has 2 aliphatic rings. The summed E-state index contributed by atoms with van der Waals surface area (Å²) < 4.78 is 11.7. The Morgan fingerprint density at radius 2 is 1.85 bits per heavy atom. The van der Waals surface area contributed by atoms with Gasteiger partial charge in [-0.2, -0.15) is 0 Å². The van der Waals surface area contributed by atoms with Gasteiger partial charge in [0.1, 0.15) is 11.5 Å². The van der Waals surface area contributed by atoms with Crippen molar-refractivity contribution in [2.45, 2.75) is 12.8 Å². The maximum Gasteiger partial charge on any atom is 0.336 e. The molecular weight excluding hydrogens is 504 g/mol. The lowest BCUT2D eigenvalue weighted by molar-refractivity contribution is -0.384. The van der Waals surface area contributed by atoms with E-state index in [4.69, 9.17) is 9.15 Å². The molecule has 1 aromatic heterocycles. The third kappa shape index (κ3) is 3.28. The Hall–Kier alpha value is -3.98. The molecule has 1 aliphatic heterocycles. The summed E-state index contributed by atoms with van der Waals surface area (Å²) in [4.78, 5) is 36.8. The van der Waals surface area contributed by atoms with Crippen LogP contribution in [0.4, 0.5) is 5.69 Å². The van der Waals surface area contributed by atoms with Crippen molar-refractivity contribution < 1.29 is 23.7 Å². The molecule has 0 unspecified atom stereocenters. The van der Waals surface area contributed by atoms with Crippen molar-refractivity contribution in [2.75, 3.05) is 7.11 Å². The topological polar surface area (TPSA) is 112 Å². The highest BCUT2D eigenvalue weighted by Crippen LogP contribution is 2.47. The molecule has 0 bridgehead atoms. The lowest BCUT2D eigenvalue weighted by atomic mass is 9.83. The number of fused-ring (bicyclic) bond motifs is 2. The van der Waals surface area contributed by atoms with Crippen LogP contribution in [0.25, 0.3) is 17.0 Å². The van der Waals surface area contributed by atoms with E-state index in [0.717, 1.165) is 5.56 Å². The second kappa shape index (κ2) is 8.11. The number of methoxy groups -OCH3 is 1. The number of furan rings is 1. The zero-order chi connectivity index (χ0) is 24.1. The number of nitrogens with one attached hydrogen (secondary N) is 1. The molecule has 170 valence electrons. The molecule has 3 aromatic rings. The zero-order valence-electron chi connectivity index (χ0n) is 18.0. The first kappa shape index (κ1) is 21.8. The van der Waals surface area contributed by atoms with E-state index in [1.54, 1.807) is 37.3 Å². The molecule has 0 saturated carbocycles. The van der Waals surface area contributed by atoms with Crippen LogP contribution in [0.5, 0.6) is 0 Å². The number of hydrogen-bond donors (Lipinski definition) is 1. The maximum absolute atomic E-state index is 13.4. The third-order valence-electron chi connectivity index (χ3n) is 5.99. The van der Waals surface area contributed by atoms with Crippen LogP contribution in [0.2, 0.25) is 0 Å².